The molecule has 0 spiro atoms. The van der Waals surface area contributed by atoms with Crippen molar-refractivity contribution in [2.24, 2.45) is 5.11 Å². The molecule has 1 aromatic carbocycles. The summed E-state index contributed by atoms with van der Waals surface area (Å²) in [5.74, 6) is 0. The van der Waals surface area contributed by atoms with Crippen LogP contribution in [0.2, 0.25) is 0 Å². The van der Waals surface area contributed by atoms with Crippen molar-refractivity contribution in [2.45, 2.75) is 167 Å². The van der Waals surface area contributed by atoms with Gasteiger partial charge in [-0.25, -0.2) is 0 Å². The number of unbranched alkanes of at least 4 members (excludes halogenated alkanes) is 11. The summed E-state index contributed by atoms with van der Waals surface area (Å²) in [7, 11) is 0. The Balaban J connectivity index is 2.50. The first kappa shape index (κ1) is 40.3. The molecule has 0 aromatic heterocycles. The van der Waals surface area contributed by atoms with Crippen LogP contribution in [0.25, 0.3) is 10.4 Å². The number of rotatable bonds is 29. The molecule has 0 unspecified atom stereocenters. The summed E-state index contributed by atoms with van der Waals surface area (Å²) in [4.78, 5) is 3.00. The standard InChI is InChI=1S/C35H63N3O6/c1-6-7-8-9-10-11-12-13-14-15-16-20-23-32(39)35(44-29(4)5)31(37-38-36)25-42-26-33(40)34(43-28(2)3)27-41-24-30-21-18-17-19-22-30/h17-19,21-22,28-29,31-35,39-40H,6-16,20,23-27H2,1-5H3/t31-,32+,33-,34-,35-/m0/s1. The van der Waals surface area contributed by atoms with E-state index in [9.17, 15) is 15.7 Å². The van der Waals surface area contributed by atoms with Gasteiger partial charge in [0.1, 0.15) is 12.2 Å². The van der Waals surface area contributed by atoms with Crippen LogP contribution in [0, 0.1) is 0 Å². The zero-order valence-corrected chi connectivity index (χ0v) is 28.3. The molecule has 0 amide bonds. The van der Waals surface area contributed by atoms with E-state index >= 15 is 0 Å². The van der Waals surface area contributed by atoms with E-state index < -0.39 is 30.5 Å². The summed E-state index contributed by atoms with van der Waals surface area (Å²) in [6.45, 7) is 10.4. The molecule has 0 bridgehead atoms. The highest BCUT2D eigenvalue weighted by atomic mass is 16.6. The van der Waals surface area contributed by atoms with Crippen molar-refractivity contribution >= 4 is 0 Å². The Morgan fingerprint density at radius 3 is 1.82 bits per heavy atom. The van der Waals surface area contributed by atoms with Crippen molar-refractivity contribution in [3.05, 3.63) is 46.3 Å². The number of azide groups is 1. The first-order valence-corrected chi connectivity index (χ1v) is 17.2. The van der Waals surface area contributed by atoms with E-state index in [4.69, 9.17) is 18.9 Å². The van der Waals surface area contributed by atoms with E-state index in [2.05, 4.69) is 16.9 Å². The third kappa shape index (κ3) is 20.3. The molecule has 254 valence electrons. The van der Waals surface area contributed by atoms with E-state index in [-0.39, 0.29) is 32.0 Å². The first-order chi connectivity index (χ1) is 21.3. The summed E-state index contributed by atoms with van der Waals surface area (Å²) in [6.07, 6.45) is 12.3. The van der Waals surface area contributed by atoms with Gasteiger partial charge in [0.15, 0.2) is 0 Å². The van der Waals surface area contributed by atoms with Crippen molar-refractivity contribution in [1.29, 1.82) is 0 Å². The van der Waals surface area contributed by atoms with Gasteiger partial charge < -0.3 is 29.2 Å². The predicted octanol–water partition coefficient (Wildman–Crippen LogP) is 8.30. The summed E-state index contributed by atoms with van der Waals surface area (Å²) in [5, 5.41) is 25.8. The molecule has 0 heterocycles. The molecule has 1 aromatic rings. The summed E-state index contributed by atoms with van der Waals surface area (Å²) in [6, 6.07) is 9.09. The molecule has 1 rings (SSSR count). The molecular weight excluding hydrogens is 558 g/mol. The molecular formula is C35H63N3O6. The van der Waals surface area contributed by atoms with Crippen molar-refractivity contribution in [1.82, 2.24) is 0 Å². The summed E-state index contributed by atoms with van der Waals surface area (Å²) < 4.78 is 23.6. The Morgan fingerprint density at radius 1 is 0.705 bits per heavy atom. The summed E-state index contributed by atoms with van der Waals surface area (Å²) >= 11 is 0. The van der Waals surface area contributed by atoms with Crippen LogP contribution in [-0.2, 0) is 25.6 Å². The lowest BCUT2D eigenvalue weighted by molar-refractivity contribution is -0.128. The van der Waals surface area contributed by atoms with Gasteiger partial charge in [0, 0.05) is 4.91 Å². The fourth-order valence-corrected chi connectivity index (χ4v) is 5.25. The topological polar surface area (TPSA) is 126 Å². The second-order valence-corrected chi connectivity index (χ2v) is 12.5. The highest BCUT2D eigenvalue weighted by Gasteiger charge is 2.30. The molecule has 0 saturated heterocycles. The molecule has 0 aliphatic heterocycles. The maximum Gasteiger partial charge on any atom is 0.109 e. The summed E-state index contributed by atoms with van der Waals surface area (Å²) in [5.41, 5.74) is 10.3. The monoisotopic (exact) mass is 621 g/mol. The van der Waals surface area contributed by atoms with Crippen molar-refractivity contribution < 1.29 is 29.2 Å². The van der Waals surface area contributed by atoms with Gasteiger partial charge in [-0.05, 0) is 45.2 Å². The molecule has 9 heteroatoms. The molecule has 2 N–H and O–H groups in total. The number of hydrogen-bond acceptors (Lipinski definition) is 7. The second-order valence-electron chi connectivity index (χ2n) is 12.5. The number of benzene rings is 1. The third-order valence-electron chi connectivity index (χ3n) is 7.59. The van der Waals surface area contributed by atoms with Gasteiger partial charge in [-0.15, -0.1) is 0 Å². The highest BCUT2D eigenvalue weighted by Crippen LogP contribution is 2.19. The number of aliphatic hydroxyl groups is 2. The van der Waals surface area contributed by atoms with Gasteiger partial charge >= 0.3 is 0 Å². The smallest absolute Gasteiger partial charge is 0.109 e. The molecule has 0 fully saturated rings. The number of ether oxygens (including phenoxy) is 4. The lowest BCUT2D eigenvalue weighted by Gasteiger charge is -2.31. The van der Waals surface area contributed by atoms with Gasteiger partial charge in [0.05, 0.1) is 56.9 Å². The van der Waals surface area contributed by atoms with Crippen molar-refractivity contribution in [2.75, 3.05) is 19.8 Å². The van der Waals surface area contributed by atoms with Gasteiger partial charge in [0.25, 0.3) is 0 Å². The fraction of sp³-hybridized carbons (Fsp3) is 0.829. The Bertz CT molecular complexity index is 837. The van der Waals surface area contributed by atoms with Crippen LogP contribution >= 0.6 is 0 Å². The largest absolute Gasteiger partial charge is 0.390 e. The first-order valence-electron chi connectivity index (χ1n) is 17.2. The van der Waals surface area contributed by atoms with Crippen molar-refractivity contribution in [3.63, 3.8) is 0 Å². The van der Waals surface area contributed by atoms with E-state index in [1.165, 1.54) is 57.8 Å². The molecule has 9 nitrogen and oxygen atoms in total. The maximum absolute atomic E-state index is 11.1. The van der Waals surface area contributed by atoms with E-state index in [0.29, 0.717) is 13.0 Å². The maximum atomic E-state index is 11.1. The molecule has 0 saturated carbocycles. The molecule has 5 atom stereocenters. The Kier molecular flexibility index (Phi) is 24.3. The lowest BCUT2D eigenvalue weighted by atomic mass is 9.99. The van der Waals surface area contributed by atoms with E-state index in [1.54, 1.807) is 0 Å². The van der Waals surface area contributed by atoms with E-state index in [0.717, 1.165) is 24.8 Å². The molecule has 44 heavy (non-hydrogen) atoms. The average Bonchev–Trinajstić information content (AvgIpc) is 2.99. The minimum absolute atomic E-state index is 0.00722. The fourth-order valence-electron chi connectivity index (χ4n) is 5.25. The Labute approximate surface area is 267 Å². The van der Waals surface area contributed by atoms with Crippen LogP contribution in [0.4, 0.5) is 0 Å². The zero-order chi connectivity index (χ0) is 32.4. The van der Waals surface area contributed by atoms with Crippen LogP contribution in [0.15, 0.2) is 35.4 Å². The average molecular weight is 622 g/mol. The van der Waals surface area contributed by atoms with Crippen LogP contribution in [0.5, 0.6) is 0 Å². The van der Waals surface area contributed by atoms with Crippen LogP contribution in [0.3, 0.4) is 0 Å². The third-order valence-corrected chi connectivity index (χ3v) is 7.59. The van der Waals surface area contributed by atoms with Crippen LogP contribution in [0.1, 0.15) is 124 Å². The number of aliphatic hydroxyl groups excluding tert-OH is 2. The van der Waals surface area contributed by atoms with Gasteiger partial charge in [0.2, 0.25) is 0 Å². The molecule has 0 aliphatic carbocycles. The number of hydrogen-bond donors (Lipinski definition) is 2. The SMILES string of the molecule is CCCCCCCCCCCCCC[C@@H](O)[C@@H](OC(C)C)[C@H](COC[C@H](O)[C@H](COCc1ccccc1)OC(C)C)N=[N+]=[N-]. The normalized spacial score (nSPS) is 15.2. The van der Waals surface area contributed by atoms with Crippen molar-refractivity contribution in [3.8, 4) is 0 Å². The highest BCUT2D eigenvalue weighted by molar-refractivity contribution is 5.13. The minimum atomic E-state index is -0.949. The second kappa shape index (κ2) is 26.5. The van der Waals surface area contributed by atoms with Gasteiger partial charge in [-0.3, -0.25) is 0 Å². The van der Waals surface area contributed by atoms with Gasteiger partial charge in [-0.2, -0.15) is 0 Å². The number of nitrogens with zero attached hydrogens (tertiary/aromatic N) is 3. The lowest BCUT2D eigenvalue weighted by Crippen LogP contribution is -2.44. The predicted molar refractivity (Wildman–Crippen MR) is 178 cm³/mol. The zero-order valence-electron chi connectivity index (χ0n) is 28.3. The van der Waals surface area contributed by atoms with Crippen LogP contribution in [-0.4, -0.2) is 72.7 Å². The molecule has 0 radical (unpaired) electrons. The van der Waals surface area contributed by atoms with Gasteiger partial charge in [-0.1, -0.05) is 119 Å². The Morgan fingerprint density at radius 2 is 1.27 bits per heavy atom. The van der Waals surface area contributed by atoms with E-state index in [1.807, 2.05) is 58.0 Å². The quantitative estimate of drug-likeness (QED) is 0.0401. The van der Waals surface area contributed by atoms with Crippen LogP contribution < -0.4 is 0 Å². The Hall–Kier alpha value is -1.71. The minimum Gasteiger partial charge on any atom is -0.390 e. The molecule has 0 aliphatic rings.